The lowest BCUT2D eigenvalue weighted by atomic mass is 10.1. The highest BCUT2D eigenvalue weighted by Crippen LogP contribution is 2.19. The fourth-order valence-electron chi connectivity index (χ4n) is 1.92. The minimum absolute atomic E-state index is 0.0570. The highest BCUT2D eigenvalue weighted by molar-refractivity contribution is 5.81. The minimum Gasteiger partial charge on any atom is -0.491 e. The van der Waals surface area contributed by atoms with Gasteiger partial charge in [-0.3, -0.25) is 4.79 Å². The average molecular weight is 248 g/mol. The number of hydrogen-bond acceptors (Lipinski definition) is 3. The maximum atomic E-state index is 11.3. The molecule has 0 aliphatic carbocycles. The van der Waals surface area contributed by atoms with Crippen molar-refractivity contribution >= 4 is 12.3 Å². The smallest absolute Gasteiger partial charge is 0.317 e. The molecular formula is C13H16N2O3. The van der Waals surface area contributed by atoms with Crippen LogP contribution >= 0.6 is 0 Å². The summed E-state index contributed by atoms with van der Waals surface area (Å²) in [7, 11) is 0. The zero-order chi connectivity index (χ0) is 13.0. The quantitative estimate of drug-likeness (QED) is 0.797. The van der Waals surface area contributed by atoms with Gasteiger partial charge in [0.05, 0.1) is 12.1 Å². The van der Waals surface area contributed by atoms with Gasteiger partial charge >= 0.3 is 6.03 Å². The molecule has 5 heteroatoms. The highest BCUT2D eigenvalue weighted by atomic mass is 16.5. The number of benzene rings is 1. The van der Waals surface area contributed by atoms with E-state index in [4.69, 9.17) is 4.74 Å². The Hall–Kier alpha value is -2.04. The van der Waals surface area contributed by atoms with Gasteiger partial charge < -0.3 is 15.0 Å². The van der Waals surface area contributed by atoms with Crippen molar-refractivity contribution in [1.29, 1.82) is 0 Å². The van der Waals surface area contributed by atoms with E-state index in [0.717, 1.165) is 11.8 Å². The number of urea groups is 1. The second-order valence-corrected chi connectivity index (χ2v) is 4.17. The van der Waals surface area contributed by atoms with Crippen LogP contribution in [0.4, 0.5) is 4.79 Å². The monoisotopic (exact) mass is 248 g/mol. The fraction of sp³-hybridized carbons (Fsp3) is 0.385. The number of ether oxygens (including phenoxy) is 1. The molecule has 1 saturated heterocycles. The predicted molar refractivity (Wildman–Crippen MR) is 67.0 cm³/mol. The minimum atomic E-state index is -0.0570. The number of rotatable bonds is 5. The van der Waals surface area contributed by atoms with Crippen LogP contribution in [0.15, 0.2) is 18.2 Å². The van der Waals surface area contributed by atoms with E-state index in [-0.39, 0.29) is 6.03 Å². The Bertz CT molecular complexity index is 460. The van der Waals surface area contributed by atoms with Crippen LogP contribution in [0.3, 0.4) is 0 Å². The van der Waals surface area contributed by atoms with Gasteiger partial charge in [-0.1, -0.05) is 12.1 Å². The van der Waals surface area contributed by atoms with Crippen LogP contribution < -0.4 is 10.1 Å². The molecule has 0 bridgehead atoms. The van der Waals surface area contributed by atoms with Gasteiger partial charge in [0.15, 0.2) is 6.29 Å². The Morgan fingerprint density at radius 1 is 1.50 bits per heavy atom. The standard InChI is InChI=1S/C13H16N2O3/c1-10-3-2-4-12(11(10)9-16)18-8-7-15-6-5-14-13(15)17/h2-4,9H,5-8H2,1H3,(H,14,17). The second kappa shape index (κ2) is 5.53. The molecule has 1 aliphatic rings. The number of carbonyl (C=O) groups excluding carboxylic acids is 2. The van der Waals surface area contributed by atoms with Gasteiger partial charge in [0.2, 0.25) is 0 Å². The van der Waals surface area contributed by atoms with E-state index in [9.17, 15) is 9.59 Å². The summed E-state index contributed by atoms with van der Waals surface area (Å²) in [5, 5.41) is 2.73. The number of nitrogens with zero attached hydrogens (tertiary/aromatic N) is 1. The van der Waals surface area contributed by atoms with Gasteiger partial charge in [0.25, 0.3) is 0 Å². The van der Waals surface area contributed by atoms with Crippen molar-refractivity contribution in [2.24, 2.45) is 0 Å². The van der Waals surface area contributed by atoms with E-state index in [1.165, 1.54) is 0 Å². The number of aryl methyl sites for hydroxylation is 1. The molecule has 1 heterocycles. The van der Waals surface area contributed by atoms with Gasteiger partial charge in [-0.05, 0) is 18.6 Å². The summed E-state index contributed by atoms with van der Waals surface area (Å²) < 4.78 is 5.57. The molecule has 0 saturated carbocycles. The summed E-state index contributed by atoms with van der Waals surface area (Å²) in [5.41, 5.74) is 1.46. The van der Waals surface area contributed by atoms with Gasteiger partial charge in [-0.2, -0.15) is 0 Å². The van der Waals surface area contributed by atoms with Crippen LogP contribution in [-0.2, 0) is 0 Å². The largest absolute Gasteiger partial charge is 0.491 e. The molecule has 0 atom stereocenters. The molecule has 1 aromatic rings. The Morgan fingerprint density at radius 3 is 3.00 bits per heavy atom. The lowest BCUT2D eigenvalue weighted by Crippen LogP contribution is -2.31. The van der Waals surface area contributed by atoms with Gasteiger partial charge in [-0.15, -0.1) is 0 Å². The van der Waals surface area contributed by atoms with Crippen molar-refractivity contribution in [2.45, 2.75) is 6.92 Å². The van der Waals surface area contributed by atoms with Gasteiger partial charge in [-0.25, -0.2) is 4.79 Å². The Morgan fingerprint density at radius 2 is 2.33 bits per heavy atom. The van der Waals surface area contributed by atoms with Crippen LogP contribution in [0.5, 0.6) is 5.75 Å². The zero-order valence-corrected chi connectivity index (χ0v) is 10.3. The van der Waals surface area contributed by atoms with Crippen molar-refractivity contribution < 1.29 is 14.3 Å². The van der Waals surface area contributed by atoms with E-state index in [2.05, 4.69) is 5.32 Å². The number of nitrogens with one attached hydrogen (secondary N) is 1. The number of carbonyl (C=O) groups is 2. The molecule has 2 rings (SSSR count). The van der Waals surface area contributed by atoms with Crippen molar-refractivity contribution in [3.63, 3.8) is 0 Å². The Kier molecular flexibility index (Phi) is 3.82. The van der Waals surface area contributed by atoms with E-state index < -0.39 is 0 Å². The van der Waals surface area contributed by atoms with E-state index in [0.29, 0.717) is 37.6 Å². The highest BCUT2D eigenvalue weighted by Gasteiger charge is 2.18. The molecular weight excluding hydrogens is 232 g/mol. The molecule has 2 amide bonds. The molecule has 5 nitrogen and oxygen atoms in total. The lowest BCUT2D eigenvalue weighted by Gasteiger charge is -2.15. The van der Waals surface area contributed by atoms with Crippen molar-refractivity contribution in [3.05, 3.63) is 29.3 Å². The normalized spacial score (nSPS) is 14.5. The Labute approximate surface area is 106 Å². The number of aldehydes is 1. The summed E-state index contributed by atoms with van der Waals surface area (Å²) in [6.07, 6.45) is 0.799. The van der Waals surface area contributed by atoms with E-state index >= 15 is 0 Å². The molecule has 1 fully saturated rings. The average Bonchev–Trinajstić information content (AvgIpc) is 2.75. The van der Waals surface area contributed by atoms with Crippen molar-refractivity contribution in [1.82, 2.24) is 10.2 Å². The molecule has 0 aromatic heterocycles. The first kappa shape index (κ1) is 12.4. The van der Waals surface area contributed by atoms with Crippen LogP contribution in [0.25, 0.3) is 0 Å². The lowest BCUT2D eigenvalue weighted by molar-refractivity contribution is 0.111. The van der Waals surface area contributed by atoms with Gasteiger partial charge in [0.1, 0.15) is 12.4 Å². The summed E-state index contributed by atoms with van der Waals surface area (Å²) in [6, 6.07) is 5.42. The third-order valence-electron chi connectivity index (χ3n) is 2.97. The first-order valence-electron chi connectivity index (χ1n) is 5.92. The molecule has 0 radical (unpaired) electrons. The van der Waals surface area contributed by atoms with Crippen LogP contribution in [0, 0.1) is 6.92 Å². The maximum Gasteiger partial charge on any atom is 0.317 e. The summed E-state index contributed by atoms with van der Waals surface area (Å²) in [4.78, 5) is 24.0. The van der Waals surface area contributed by atoms with E-state index in [1.54, 1.807) is 11.0 Å². The molecule has 0 unspecified atom stereocenters. The van der Waals surface area contributed by atoms with Gasteiger partial charge in [0, 0.05) is 13.1 Å². The summed E-state index contributed by atoms with van der Waals surface area (Å²) in [5.74, 6) is 0.574. The topological polar surface area (TPSA) is 58.6 Å². The molecule has 18 heavy (non-hydrogen) atoms. The maximum absolute atomic E-state index is 11.3. The van der Waals surface area contributed by atoms with E-state index in [1.807, 2.05) is 19.1 Å². The van der Waals surface area contributed by atoms with Crippen molar-refractivity contribution in [2.75, 3.05) is 26.2 Å². The molecule has 1 aliphatic heterocycles. The molecule has 1 N–H and O–H groups in total. The zero-order valence-electron chi connectivity index (χ0n) is 10.3. The molecule has 0 spiro atoms. The second-order valence-electron chi connectivity index (χ2n) is 4.17. The van der Waals surface area contributed by atoms with Crippen LogP contribution in [0.1, 0.15) is 15.9 Å². The first-order valence-corrected chi connectivity index (χ1v) is 5.92. The SMILES string of the molecule is Cc1cccc(OCCN2CCNC2=O)c1C=O. The van der Waals surface area contributed by atoms with Crippen molar-refractivity contribution in [3.8, 4) is 5.75 Å². The first-order chi connectivity index (χ1) is 8.72. The third-order valence-corrected chi connectivity index (χ3v) is 2.97. The number of amides is 2. The fourth-order valence-corrected chi connectivity index (χ4v) is 1.92. The Balaban J connectivity index is 1.92. The summed E-state index contributed by atoms with van der Waals surface area (Å²) in [6.45, 7) is 4.17. The third kappa shape index (κ3) is 2.61. The number of hydrogen-bond donors (Lipinski definition) is 1. The predicted octanol–water partition coefficient (Wildman–Crippen LogP) is 1.21. The molecule has 96 valence electrons. The van der Waals surface area contributed by atoms with Crippen LogP contribution in [0.2, 0.25) is 0 Å². The van der Waals surface area contributed by atoms with Crippen LogP contribution in [-0.4, -0.2) is 43.5 Å². The summed E-state index contributed by atoms with van der Waals surface area (Å²) >= 11 is 0. The molecule has 1 aromatic carbocycles.